The van der Waals surface area contributed by atoms with Crippen LogP contribution in [0.25, 0.3) is 0 Å². The average molecular weight is 168 g/mol. The second kappa shape index (κ2) is 4.29. The minimum absolute atomic E-state index is 0.345. The average Bonchev–Trinajstić information content (AvgIpc) is 2.04. The van der Waals surface area contributed by atoms with Crippen molar-refractivity contribution in [3.05, 3.63) is 29.8 Å². The van der Waals surface area contributed by atoms with Gasteiger partial charge in [-0.1, -0.05) is 12.1 Å². The lowest BCUT2D eigenvalue weighted by Gasteiger charge is -1.98. The number of aryl methyl sites for hydroxylation is 1. The van der Waals surface area contributed by atoms with Crippen molar-refractivity contribution in [2.75, 3.05) is 12.0 Å². The van der Waals surface area contributed by atoms with Crippen molar-refractivity contribution < 1.29 is 5.11 Å². The summed E-state index contributed by atoms with van der Waals surface area (Å²) in [7, 11) is 0. The minimum atomic E-state index is 0.345. The molecule has 0 saturated carbocycles. The van der Waals surface area contributed by atoms with Crippen LogP contribution >= 0.6 is 11.8 Å². The molecule has 11 heavy (non-hydrogen) atoms. The van der Waals surface area contributed by atoms with Gasteiger partial charge in [0.15, 0.2) is 0 Å². The van der Waals surface area contributed by atoms with Crippen molar-refractivity contribution in [2.45, 2.75) is 6.42 Å². The van der Waals surface area contributed by atoms with Crippen LogP contribution in [0.15, 0.2) is 24.3 Å². The maximum Gasteiger partial charge on any atom is 0.115 e. The summed E-state index contributed by atoms with van der Waals surface area (Å²) in [6.07, 6.45) is 3.18. The predicted molar refractivity (Wildman–Crippen MR) is 50.2 cm³/mol. The topological polar surface area (TPSA) is 20.2 Å². The third-order valence-corrected chi connectivity index (χ3v) is 2.14. The smallest absolute Gasteiger partial charge is 0.115 e. The summed E-state index contributed by atoms with van der Waals surface area (Å²) in [4.78, 5) is 0. The van der Waals surface area contributed by atoms with Crippen molar-refractivity contribution in [3.63, 3.8) is 0 Å². The largest absolute Gasteiger partial charge is 0.508 e. The molecular weight excluding hydrogens is 156 g/mol. The van der Waals surface area contributed by atoms with Gasteiger partial charge in [-0.25, -0.2) is 0 Å². The molecule has 1 nitrogen and oxygen atoms in total. The molecular formula is C9H12OS. The third-order valence-electron chi connectivity index (χ3n) is 1.53. The molecule has 60 valence electrons. The van der Waals surface area contributed by atoms with Crippen molar-refractivity contribution in [1.82, 2.24) is 0 Å². The van der Waals surface area contributed by atoms with E-state index in [-0.39, 0.29) is 0 Å². The normalized spacial score (nSPS) is 9.91. The Labute approximate surface area is 71.4 Å². The van der Waals surface area contributed by atoms with Crippen molar-refractivity contribution in [3.8, 4) is 5.75 Å². The Balaban J connectivity index is 2.52. The molecule has 0 bridgehead atoms. The first-order valence-corrected chi connectivity index (χ1v) is 4.99. The van der Waals surface area contributed by atoms with Gasteiger partial charge in [-0.15, -0.1) is 0 Å². The Morgan fingerprint density at radius 3 is 2.45 bits per heavy atom. The molecule has 0 heterocycles. The van der Waals surface area contributed by atoms with Gasteiger partial charge in [-0.3, -0.25) is 0 Å². The Morgan fingerprint density at radius 2 is 1.91 bits per heavy atom. The SMILES string of the molecule is CSCCc1ccc(O)cc1. The summed E-state index contributed by atoms with van der Waals surface area (Å²) < 4.78 is 0. The van der Waals surface area contributed by atoms with E-state index in [4.69, 9.17) is 5.11 Å². The lowest BCUT2D eigenvalue weighted by Crippen LogP contribution is -1.85. The predicted octanol–water partition coefficient (Wildman–Crippen LogP) is 2.30. The number of phenolic OH excluding ortho intramolecular Hbond substituents is 1. The molecule has 1 aromatic carbocycles. The van der Waals surface area contributed by atoms with Crippen LogP contribution in [0.2, 0.25) is 0 Å². The van der Waals surface area contributed by atoms with Crippen LogP contribution in [-0.2, 0) is 6.42 Å². The van der Waals surface area contributed by atoms with Gasteiger partial charge in [0.1, 0.15) is 5.75 Å². The van der Waals surface area contributed by atoms with Crippen molar-refractivity contribution in [2.24, 2.45) is 0 Å². The molecule has 0 aliphatic rings. The summed E-state index contributed by atoms with van der Waals surface area (Å²) in [5.41, 5.74) is 1.29. The van der Waals surface area contributed by atoms with Gasteiger partial charge in [0, 0.05) is 0 Å². The lowest BCUT2D eigenvalue weighted by atomic mass is 10.2. The highest BCUT2D eigenvalue weighted by Crippen LogP contribution is 2.11. The second-order valence-corrected chi connectivity index (χ2v) is 3.39. The summed E-state index contributed by atoms with van der Waals surface area (Å²) in [6, 6.07) is 7.39. The molecule has 0 radical (unpaired) electrons. The van der Waals surface area contributed by atoms with E-state index >= 15 is 0 Å². The summed E-state index contributed by atoms with van der Waals surface area (Å²) >= 11 is 1.84. The number of phenols is 1. The van der Waals surface area contributed by atoms with E-state index in [1.165, 1.54) is 5.56 Å². The molecule has 0 saturated heterocycles. The highest BCUT2D eigenvalue weighted by atomic mass is 32.2. The van der Waals surface area contributed by atoms with Crippen LogP contribution in [-0.4, -0.2) is 17.1 Å². The molecule has 0 aliphatic heterocycles. The maximum atomic E-state index is 8.98. The van der Waals surface area contributed by atoms with E-state index in [9.17, 15) is 0 Å². The van der Waals surface area contributed by atoms with Crippen LogP contribution < -0.4 is 0 Å². The fourth-order valence-electron chi connectivity index (χ4n) is 0.883. The number of hydrogen-bond donors (Lipinski definition) is 1. The molecule has 1 N–H and O–H groups in total. The Morgan fingerprint density at radius 1 is 1.27 bits per heavy atom. The molecule has 0 atom stereocenters. The summed E-state index contributed by atoms with van der Waals surface area (Å²) in [5.74, 6) is 1.49. The number of hydrogen-bond acceptors (Lipinski definition) is 2. The zero-order valence-electron chi connectivity index (χ0n) is 6.58. The van der Waals surface area contributed by atoms with Gasteiger partial charge < -0.3 is 5.11 Å². The Hall–Kier alpha value is -0.630. The molecule has 2 heteroatoms. The first-order valence-electron chi connectivity index (χ1n) is 3.60. The Bertz CT molecular complexity index is 205. The number of rotatable bonds is 3. The van der Waals surface area contributed by atoms with Gasteiger partial charge >= 0.3 is 0 Å². The monoisotopic (exact) mass is 168 g/mol. The van der Waals surface area contributed by atoms with Crippen molar-refractivity contribution >= 4 is 11.8 Å². The van der Waals surface area contributed by atoms with Crippen LogP contribution in [0.4, 0.5) is 0 Å². The number of aromatic hydroxyl groups is 1. The van der Waals surface area contributed by atoms with E-state index in [0.29, 0.717) is 5.75 Å². The fourth-order valence-corrected chi connectivity index (χ4v) is 1.32. The maximum absolute atomic E-state index is 8.98. The van der Waals surface area contributed by atoms with E-state index in [1.807, 2.05) is 23.9 Å². The van der Waals surface area contributed by atoms with Crippen LogP contribution in [0, 0.1) is 0 Å². The molecule has 0 aliphatic carbocycles. The van der Waals surface area contributed by atoms with Gasteiger partial charge in [0.2, 0.25) is 0 Å². The van der Waals surface area contributed by atoms with Crippen LogP contribution in [0.1, 0.15) is 5.56 Å². The highest BCUT2D eigenvalue weighted by Gasteiger charge is 1.91. The van der Waals surface area contributed by atoms with Crippen molar-refractivity contribution in [1.29, 1.82) is 0 Å². The quantitative estimate of drug-likeness (QED) is 0.747. The minimum Gasteiger partial charge on any atom is -0.508 e. The standard InChI is InChI=1S/C9H12OS/c1-11-7-6-8-2-4-9(10)5-3-8/h2-5,10H,6-7H2,1H3. The lowest BCUT2D eigenvalue weighted by molar-refractivity contribution is 0.475. The van der Waals surface area contributed by atoms with Gasteiger partial charge in [-0.05, 0) is 36.1 Å². The summed E-state index contributed by atoms with van der Waals surface area (Å²) in [6.45, 7) is 0. The third kappa shape index (κ3) is 2.85. The Kier molecular flexibility index (Phi) is 3.30. The van der Waals surface area contributed by atoms with E-state index in [2.05, 4.69) is 6.26 Å². The van der Waals surface area contributed by atoms with E-state index in [0.717, 1.165) is 12.2 Å². The first-order chi connectivity index (χ1) is 5.33. The molecule has 0 aromatic heterocycles. The molecule has 1 aromatic rings. The highest BCUT2D eigenvalue weighted by molar-refractivity contribution is 7.98. The van der Waals surface area contributed by atoms with Gasteiger partial charge in [0.05, 0.1) is 0 Å². The van der Waals surface area contributed by atoms with Crippen LogP contribution in [0.3, 0.4) is 0 Å². The molecule has 1 rings (SSSR count). The second-order valence-electron chi connectivity index (χ2n) is 2.41. The first kappa shape index (κ1) is 8.47. The van der Waals surface area contributed by atoms with E-state index in [1.54, 1.807) is 12.1 Å². The zero-order chi connectivity index (χ0) is 8.10. The molecule has 0 amide bonds. The molecule has 0 spiro atoms. The summed E-state index contributed by atoms with van der Waals surface area (Å²) in [5, 5.41) is 8.98. The van der Waals surface area contributed by atoms with Gasteiger partial charge in [-0.2, -0.15) is 11.8 Å². The molecule has 0 unspecified atom stereocenters. The van der Waals surface area contributed by atoms with Gasteiger partial charge in [0.25, 0.3) is 0 Å². The number of thioether (sulfide) groups is 1. The fraction of sp³-hybridized carbons (Fsp3) is 0.333. The zero-order valence-corrected chi connectivity index (χ0v) is 7.40. The number of benzene rings is 1. The van der Waals surface area contributed by atoms with E-state index < -0.39 is 0 Å². The molecule has 0 fully saturated rings. The van der Waals surface area contributed by atoms with Crippen LogP contribution in [0.5, 0.6) is 5.75 Å².